The second kappa shape index (κ2) is 10.00. The van der Waals surface area contributed by atoms with E-state index in [2.05, 4.69) is 26.1 Å². The number of hydroxylamine groups is 2. The fourth-order valence-corrected chi connectivity index (χ4v) is 3.34. The second-order valence-corrected chi connectivity index (χ2v) is 8.12. The zero-order valence-electron chi connectivity index (χ0n) is 17.4. The van der Waals surface area contributed by atoms with Gasteiger partial charge in [-0.05, 0) is 39.0 Å². The van der Waals surface area contributed by atoms with Gasteiger partial charge >= 0.3 is 12.1 Å². The third kappa shape index (κ3) is 5.25. The maximum Gasteiger partial charge on any atom is 0.343 e. The summed E-state index contributed by atoms with van der Waals surface area (Å²) >= 11 is 0. The highest BCUT2D eigenvalue weighted by molar-refractivity contribution is 5.81. The van der Waals surface area contributed by atoms with Crippen molar-refractivity contribution in [2.24, 2.45) is 5.92 Å². The molecular formula is C19H38N4O3. The molecule has 2 N–H and O–H groups in total. The van der Waals surface area contributed by atoms with E-state index in [9.17, 15) is 14.8 Å². The number of hydrogen-bond donors (Lipinski definition) is 2. The number of carbonyl (C=O) groups excluding carboxylic acids is 2. The van der Waals surface area contributed by atoms with Gasteiger partial charge in [0.2, 0.25) is 0 Å². The van der Waals surface area contributed by atoms with E-state index in [1.54, 1.807) is 9.80 Å². The van der Waals surface area contributed by atoms with Crippen molar-refractivity contribution in [2.45, 2.75) is 85.4 Å². The summed E-state index contributed by atoms with van der Waals surface area (Å²) in [4.78, 5) is 28.9. The van der Waals surface area contributed by atoms with Crippen LogP contribution in [0.2, 0.25) is 0 Å². The summed E-state index contributed by atoms with van der Waals surface area (Å²) in [5.41, 5.74) is -0.670. The van der Waals surface area contributed by atoms with E-state index in [0.717, 1.165) is 37.2 Å². The lowest BCUT2D eigenvalue weighted by atomic mass is 9.99. The molecule has 1 heterocycles. The number of amides is 4. The molecule has 152 valence electrons. The second-order valence-electron chi connectivity index (χ2n) is 8.12. The van der Waals surface area contributed by atoms with Gasteiger partial charge in [-0.1, -0.05) is 40.5 Å². The van der Waals surface area contributed by atoms with E-state index in [0.29, 0.717) is 25.6 Å². The third-order valence-electron chi connectivity index (χ3n) is 5.03. The van der Waals surface area contributed by atoms with Crippen LogP contribution >= 0.6 is 0 Å². The van der Waals surface area contributed by atoms with Crippen LogP contribution in [0, 0.1) is 5.92 Å². The first kappa shape index (κ1) is 22.5. The Morgan fingerprint density at radius 2 is 1.85 bits per heavy atom. The molecule has 1 atom stereocenters. The molecule has 1 unspecified atom stereocenters. The number of hydrogen-bond acceptors (Lipinski definition) is 3. The Labute approximate surface area is 158 Å². The summed E-state index contributed by atoms with van der Waals surface area (Å²) in [7, 11) is 0. The molecule has 7 heteroatoms. The minimum absolute atomic E-state index is 0.102. The smallest absolute Gasteiger partial charge is 0.336 e. The Morgan fingerprint density at radius 3 is 2.38 bits per heavy atom. The first-order valence-electron chi connectivity index (χ1n) is 10.0. The molecule has 26 heavy (non-hydrogen) atoms. The Morgan fingerprint density at radius 1 is 1.23 bits per heavy atom. The van der Waals surface area contributed by atoms with Gasteiger partial charge in [-0.2, -0.15) is 5.06 Å². The molecule has 0 aromatic carbocycles. The van der Waals surface area contributed by atoms with Gasteiger partial charge in [0, 0.05) is 19.6 Å². The van der Waals surface area contributed by atoms with Crippen molar-refractivity contribution < 1.29 is 14.8 Å². The first-order chi connectivity index (χ1) is 12.2. The fraction of sp³-hybridized carbons (Fsp3) is 0.895. The minimum atomic E-state index is -0.699. The molecule has 1 saturated heterocycles. The number of nitrogens with one attached hydrogen (secondary N) is 1. The van der Waals surface area contributed by atoms with Gasteiger partial charge in [0.05, 0.1) is 5.54 Å². The number of rotatable bonds is 10. The Balaban J connectivity index is 3.01. The average Bonchev–Trinajstić information content (AvgIpc) is 2.75. The summed E-state index contributed by atoms with van der Waals surface area (Å²) < 4.78 is 0. The van der Waals surface area contributed by atoms with Crippen LogP contribution in [0.4, 0.5) is 9.59 Å². The van der Waals surface area contributed by atoms with Crippen LogP contribution in [0.5, 0.6) is 0 Å². The number of carbonyl (C=O) groups is 2. The zero-order chi connectivity index (χ0) is 19.9. The molecule has 0 bridgehead atoms. The monoisotopic (exact) mass is 370 g/mol. The van der Waals surface area contributed by atoms with E-state index in [4.69, 9.17) is 0 Å². The van der Waals surface area contributed by atoms with Crippen LogP contribution in [0.1, 0.15) is 73.6 Å². The molecule has 1 aliphatic rings. The molecule has 0 spiro atoms. The predicted molar refractivity (Wildman–Crippen MR) is 103 cm³/mol. The van der Waals surface area contributed by atoms with Crippen molar-refractivity contribution in [2.75, 3.05) is 19.6 Å². The Kier molecular flexibility index (Phi) is 8.67. The van der Waals surface area contributed by atoms with E-state index in [1.807, 2.05) is 20.8 Å². The van der Waals surface area contributed by atoms with Crippen molar-refractivity contribution >= 4 is 12.1 Å². The number of urea groups is 2. The minimum Gasteiger partial charge on any atom is -0.336 e. The van der Waals surface area contributed by atoms with Gasteiger partial charge in [0.25, 0.3) is 0 Å². The first-order valence-corrected chi connectivity index (χ1v) is 10.0. The molecule has 0 radical (unpaired) electrons. The molecule has 0 aromatic heterocycles. The van der Waals surface area contributed by atoms with Crippen LogP contribution in [-0.4, -0.2) is 63.5 Å². The topological polar surface area (TPSA) is 76.1 Å². The molecule has 0 aromatic rings. The SMILES string of the molecule is CCCCNC(=O)N(O)C1N(CCCC)C(=O)N(CCC(C)C)C1(C)C. The lowest BCUT2D eigenvalue weighted by Crippen LogP contribution is -2.59. The molecule has 4 amide bonds. The van der Waals surface area contributed by atoms with Gasteiger partial charge in [0.15, 0.2) is 6.17 Å². The van der Waals surface area contributed by atoms with Crippen molar-refractivity contribution in [1.82, 2.24) is 20.2 Å². The highest BCUT2D eigenvalue weighted by Crippen LogP contribution is 2.35. The number of unbranched alkanes of at least 4 members (excludes halogenated alkanes) is 2. The molecule has 0 aliphatic carbocycles. The van der Waals surface area contributed by atoms with E-state index in [-0.39, 0.29) is 6.03 Å². The van der Waals surface area contributed by atoms with E-state index in [1.165, 1.54) is 0 Å². The summed E-state index contributed by atoms with van der Waals surface area (Å²) in [6.45, 7) is 13.9. The predicted octanol–water partition coefficient (Wildman–Crippen LogP) is 3.88. The fourth-order valence-electron chi connectivity index (χ4n) is 3.34. The van der Waals surface area contributed by atoms with Crippen molar-refractivity contribution in [3.05, 3.63) is 0 Å². The molecule has 1 fully saturated rings. The maximum absolute atomic E-state index is 13.0. The lowest BCUT2D eigenvalue weighted by molar-refractivity contribution is -0.133. The van der Waals surface area contributed by atoms with Crippen LogP contribution in [0.15, 0.2) is 0 Å². The Bertz CT molecular complexity index is 468. The summed E-state index contributed by atoms with van der Waals surface area (Å²) in [6.07, 6.45) is 3.78. The summed E-state index contributed by atoms with van der Waals surface area (Å²) in [6, 6.07) is -0.647. The average molecular weight is 371 g/mol. The highest BCUT2D eigenvalue weighted by Gasteiger charge is 2.54. The number of nitrogens with zero attached hydrogens (tertiary/aromatic N) is 3. The largest absolute Gasteiger partial charge is 0.343 e. The standard InChI is InChI=1S/C19H38N4O3/c1-7-9-12-20-17(24)23(26)16-19(5,6)22(14-11-15(3)4)18(25)21(16)13-10-8-2/h15-16,26H,7-14H2,1-6H3,(H,20,24). The van der Waals surface area contributed by atoms with Crippen LogP contribution in [-0.2, 0) is 0 Å². The molecule has 1 rings (SSSR count). The summed E-state index contributed by atoms with van der Waals surface area (Å²) in [5.74, 6) is 0.476. The van der Waals surface area contributed by atoms with Gasteiger partial charge in [-0.3, -0.25) is 10.1 Å². The maximum atomic E-state index is 13.0. The zero-order valence-corrected chi connectivity index (χ0v) is 17.4. The van der Waals surface area contributed by atoms with Gasteiger partial charge < -0.3 is 10.2 Å². The van der Waals surface area contributed by atoms with Crippen LogP contribution in [0.25, 0.3) is 0 Å². The molecule has 1 aliphatic heterocycles. The third-order valence-corrected chi connectivity index (χ3v) is 5.03. The molecular weight excluding hydrogens is 332 g/mol. The highest BCUT2D eigenvalue weighted by atomic mass is 16.5. The van der Waals surface area contributed by atoms with E-state index < -0.39 is 17.7 Å². The quantitative estimate of drug-likeness (QED) is 0.348. The van der Waals surface area contributed by atoms with Gasteiger partial charge in [0.1, 0.15) is 0 Å². The van der Waals surface area contributed by atoms with Crippen LogP contribution in [0.3, 0.4) is 0 Å². The normalized spacial score (nSPS) is 19.4. The van der Waals surface area contributed by atoms with Crippen molar-refractivity contribution in [3.8, 4) is 0 Å². The van der Waals surface area contributed by atoms with Crippen molar-refractivity contribution in [1.29, 1.82) is 0 Å². The van der Waals surface area contributed by atoms with Gasteiger partial charge in [-0.25, -0.2) is 9.59 Å². The molecule has 0 saturated carbocycles. The van der Waals surface area contributed by atoms with Crippen LogP contribution < -0.4 is 5.32 Å². The lowest BCUT2D eigenvalue weighted by Gasteiger charge is -2.38. The molecule has 7 nitrogen and oxygen atoms in total. The summed E-state index contributed by atoms with van der Waals surface area (Å²) in [5, 5.41) is 14.1. The Hall–Kier alpha value is -1.50. The van der Waals surface area contributed by atoms with Gasteiger partial charge in [-0.15, -0.1) is 0 Å². The van der Waals surface area contributed by atoms with E-state index >= 15 is 0 Å². The van der Waals surface area contributed by atoms with Crippen molar-refractivity contribution in [3.63, 3.8) is 0 Å².